The molecule has 0 saturated heterocycles. The number of hydrogen-bond donors (Lipinski definition) is 1. The average Bonchev–Trinajstić information content (AvgIpc) is 3.02. The summed E-state index contributed by atoms with van der Waals surface area (Å²) in [5.74, 6) is -0.455. The molecule has 4 aromatic carbocycles. The molecule has 0 spiro atoms. The van der Waals surface area contributed by atoms with E-state index < -0.39 is 10.8 Å². The molecule has 2 amide bonds. The first kappa shape index (κ1) is 24.7. The van der Waals surface area contributed by atoms with Crippen molar-refractivity contribution in [2.45, 2.75) is 42.1 Å². The quantitative estimate of drug-likeness (QED) is 0.345. The van der Waals surface area contributed by atoms with E-state index in [9.17, 15) is 13.8 Å². The van der Waals surface area contributed by atoms with Gasteiger partial charge in [-0.2, -0.15) is 0 Å². The second kappa shape index (κ2) is 10.9. The fraction of sp³-hybridized carbons (Fsp3) is 0.161. The minimum Gasteiger partial charge on any atom is -0.350 e. The van der Waals surface area contributed by atoms with E-state index in [4.69, 9.17) is 0 Å². The van der Waals surface area contributed by atoms with Gasteiger partial charge >= 0.3 is 0 Å². The second-order valence-electron chi connectivity index (χ2n) is 9.22. The number of carbonyl (C=O) groups excluding carboxylic acids is 2. The number of nitrogens with one attached hydrogen (secondary N) is 1. The van der Waals surface area contributed by atoms with Crippen LogP contribution < -0.4 is 10.2 Å². The molecule has 5 nitrogen and oxygen atoms in total. The zero-order chi connectivity index (χ0) is 25.8. The van der Waals surface area contributed by atoms with E-state index in [0.717, 1.165) is 18.4 Å². The molecule has 37 heavy (non-hydrogen) atoms. The summed E-state index contributed by atoms with van der Waals surface area (Å²) in [4.78, 5) is 29.5. The average molecular weight is 509 g/mol. The predicted molar refractivity (Wildman–Crippen MR) is 146 cm³/mol. The van der Waals surface area contributed by atoms with Gasteiger partial charge in [0.15, 0.2) is 0 Å². The van der Waals surface area contributed by atoms with Crippen LogP contribution in [-0.4, -0.2) is 22.1 Å². The predicted octanol–water partition coefficient (Wildman–Crippen LogP) is 5.76. The molecule has 1 N–H and O–H groups in total. The summed E-state index contributed by atoms with van der Waals surface area (Å²) >= 11 is 0. The molecule has 5 rings (SSSR count). The Bertz CT molecular complexity index is 1450. The molecule has 186 valence electrons. The van der Waals surface area contributed by atoms with Crippen LogP contribution in [0.5, 0.6) is 0 Å². The smallest absolute Gasteiger partial charge is 0.259 e. The first-order valence-electron chi connectivity index (χ1n) is 12.4. The topological polar surface area (TPSA) is 66.5 Å². The molecule has 0 aliphatic carbocycles. The van der Waals surface area contributed by atoms with Crippen molar-refractivity contribution in [3.63, 3.8) is 0 Å². The van der Waals surface area contributed by atoms with Crippen LogP contribution in [0.15, 0.2) is 113 Å². The minimum atomic E-state index is -1.56. The number of aryl methyl sites for hydroxylation is 1. The standard InChI is InChI=1S/C31H28N2O3S/c1-22(16-17-23-10-4-2-5-11-23)32-30(34)25-18-19-29-27(20-25)33(21-24-12-6-3-7-13-24)31(35)26-14-8-9-15-28(26)37(29)36/h2-15,18-20,22H,16-17,21H2,1H3,(H,32,34)/t22-,37-/m1/s1. The van der Waals surface area contributed by atoms with Gasteiger partial charge in [-0.05, 0) is 61.2 Å². The van der Waals surface area contributed by atoms with Crippen molar-refractivity contribution >= 4 is 28.3 Å². The maximum absolute atomic E-state index is 13.7. The lowest BCUT2D eigenvalue weighted by Gasteiger charge is -2.24. The second-order valence-corrected chi connectivity index (χ2v) is 10.6. The first-order valence-corrected chi connectivity index (χ1v) is 13.5. The first-order chi connectivity index (χ1) is 18.0. The monoisotopic (exact) mass is 508 g/mol. The van der Waals surface area contributed by atoms with E-state index in [1.165, 1.54) is 5.56 Å². The van der Waals surface area contributed by atoms with Crippen molar-refractivity contribution in [3.05, 3.63) is 125 Å². The summed E-state index contributed by atoms with van der Waals surface area (Å²) in [5.41, 5.74) is 3.50. The van der Waals surface area contributed by atoms with Crippen molar-refractivity contribution in [2.24, 2.45) is 0 Å². The van der Waals surface area contributed by atoms with Gasteiger partial charge in [-0.15, -0.1) is 0 Å². The molecule has 0 bridgehead atoms. The van der Waals surface area contributed by atoms with Crippen LogP contribution in [0.3, 0.4) is 0 Å². The highest BCUT2D eigenvalue weighted by molar-refractivity contribution is 7.85. The summed E-state index contributed by atoms with van der Waals surface area (Å²) in [7, 11) is -1.56. The highest BCUT2D eigenvalue weighted by atomic mass is 32.2. The van der Waals surface area contributed by atoms with E-state index >= 15 is 0 Å². The molecule has 1 heterocycles. The Balaban J connectivity index is 1.44. The van der Waals surface area contributed by atoms with Crippen LogP contribution in [-0.2, 0) is 23.8 Å². The summed E-state index contributed by atoms with van der Waals surface area (Å²) in [6.07, 6.45) is 1.67. The van der Waals surface area contributed by atoms with Gasteiger partial charge < -0.3 is 10.2 Å². The highest BCUT2D eigenvalue weighted by Crippen LogP contribution is 2.36. The number of hydrogen-bond acceptors (Lipinski definition) is 3. The van der Waals surface area contributed by atoms with Gasteiger partial charge in [-0.3, -0.25) is 9.59 Å². The van der Waals surface area contributed by atoms with Crippen molar-refractivity contribution in [1.29, 1.82) is 0 Å². The third-order valence-corrected chi connectivity index (χ3v) is 8.04. The largest absolute Gasteiger partial charge is 0.350 e. The zero-order valence-electron chi connectivity index (χ0n) is 20.6. The van der Waals surface area contributed by atoms with E-state index in [1.807, 2.05) is 55.5 Å². The molecule has 0 saturated carbocycles. The number of rotatable bonds is 7. The summed E-state index contributed by atoms with van der Waals surface area (Å²) < 4.78 is 13.6. The van der Waals surface area contributed by atoms with Gasteiger partial charge in [0.05, 0.1) is 38.4 Å². The maximum atomic E-state index is 13.7. The molecule has 0 unspecified atom stereocenters. The fourth-order valence-corrected chi connectivity index (χ4v) is 5.88. The summed E-state index contributed by atoms with van der Waals surface area (Å²) in [6.45, 7) is 2.29. The molecular formula is C31H28N2O3S. The number of fused-ring (bicyclic) bond motifs is 2. The molecule has 6 heteroatoms. The highest BCUT2D eigenvalue weighted by Gasteiger charge is 2.31. The Morgan fingerprint density at radius 2 is 1.49 bits per heavy atom. The summed E-state index contributed by atoms with van der Waals surface area (Å²) in [5, 5.41) is 3.07. The van der Waals surface area contributed by atoms with Crippen LogP contribution in [0.2, 0.25) is 0 Å². The van der Waals surface area contributed by atoms with Crippen molar-refractivity contribution in [3.8, 4) is 0 Å². The third kappa shape index (κ3) is 5.39. The maximum Gasteiger partial charge on any atom is 0.259 e. The Hall–Kier alpha value is -4.03. The van der Waals surface area contributed by atoms with Crippen LogP contribution in [0.4, 0.5) is 5.69 Å². The van der Waals surface area contributed by atoms with E-state index in [-0.39, 0.29) is 17.9 Å². The molecular weight excluding hydrogens is 480 g/mol. The zero-order valence-corrected chi connectivity index (χ0v) is 21.4. The van der Waals surface area contributed by atoms with E-state index in [2.05, 4.69) is 17.4 Å². The molecule has 2 atom stereocenters. The van der Waals surface area contributed by atoms with Crippen LogP contribution in [0.25, 0.3) is 0 Å². The van der Waals surface area contributed by atoms with Gasteiger partial charge in [-0.1, -0.05) is 72.8 Å². The van der Waals surface area contributed by atoms with E-state index in [1.54, 1.807) is 47.4 Å². The molecule has 1 aliphatic rings. The van der Waals surface area contributed by atoms with Crippen molar-refractivity contribution in [2.75, 3.05) is 4.90 Å². The number of nitrogens with zero attached hydrogens (tertiary/aromatic N) is 1. The Labute approximate surface area is 219 Å². The van der Waals surface area contributed by atoms with Crippen LogP contribution in [0, 0.1) is 0 Å². The fourth-order valence-electron chi connectivity index (χ4n) is 4.53. The Morgan fingerprint density at radius 1 is 0.838 bits per heavy atom. The van der Waals surface area contributed by atoms with Gasteiger partial charge in [-0.25, -0.2) is 4.21 Å². The third-order valence-electron chi connectivity index (χ3n) is 6.54. The van der Waals surface area contributed by atoms with Gasteiger partial charge in [0, 0.05) is 11.6 Å². The Morgan fingerprint density at radius 3 is 2.22 bits per heavy atom. The Kier molecular flexibility index (Phi) is 7.28. The number of carbonyl (C=O) groups is 2. The number of benzene rings is 4. The van der Waals surface area contributed by atoms with Crippen molar-refractivity contribution in [1.82, 2.24) is 5.32 Å². The van der Waals surface area contributed by atoms with Gasteiger partial charge in [0.2, 0.25) is 0 Å². The molecule has 4 aromatic rings. The molecule has 1 aliphatic heterocycles. The van der Waals surface area contributed by atoms with E-state index in [0.29, 0.717) is 33.2 Å². The molecule has 0 radical (unpaired) electrons. The van der Waals surface area contributed by atoms with Gasteiger partial charge in [0.25, 0.3) is 11.8 Å². The lowest BCUT2D eigenvalue weighted by molar-refractivity contribution is 0.0935. The van der Waals surface area contributed by atoms with Crippen LogP contribution in [0.1, 0.15) is 45.2 Å². The minimum absolute atomic E-state index is 0.0352. The number of amides is 2. The van der Waals surface area contributed by atoms with Crippen LogP contribution >= 0.6 is 0 Å². The normalized spacial score (nSPS) is 15.3. The van der Waals surface area contributed by atoms with Crippen molar-refractivity contribution < 1.29 is 13.8 Å². The molecule has 0 aromatic heterocycles. The lowest BCUT2D eigenvalue weighted by atomic mass is 10.1. The molecule has 0 fully saturated rings. The van der Waals surface area contributed by atoms with Gasteiger partial charge in [0.1, 0.15) is 0 Å². The SMILES string of the molecule is C[C@H](CCc1ccccc1)NC(=O)c1ccc2c(c1)N(Cc1ccccc1)C(=O)c1ccccc1[S@]2=O. The summed E-state index contributed by atoms with van der Waals surface area (Å²) in [6, 6.07) is 31.9. The lowest BCUT2D eigenvalue weighted by Crippen LogP contribution is -2.33. The number of anilines is 1.